The van der Waals surface area contributed by atoms with Crippen LogP contribution >= 0.6 is 11.8 Å². The fourth-order valence-electron chi connectivity index (χ4n) is 2.35. The highest BCUT2D eigenvalue weighted by Gasteiger charge is 2.14. The third-order valence-corrected chi connectivity index (χ3v) is 5.04. The predicted octanol–water partition coefficient (Wildman–Crippen LogP) is 4.46. The fraction of sp³-hybridized carbons (Fsp3) is 0.500. The maximum absolute atomic E-state index is 12.1. The summed E-state index contributed by atoms with van der Waals surface area (Å²) in [5.41, 5.74) is 3.12. The number of hydrogen-bond donors (Lipinski definition) is 1. The first-order chi connectivity index (χ1) is 11.5. The molecule has 0 aliphatic carbocycles. The van der Waals surface area contributed by atoms with Gasteiger partial charge in [0, 0.05) is 18.5 Å². The molecule has 130 valence electrons. The minimum Gasteiger partial charge on any atom is -0.338 e. The van der Waals surface area contributed by atoms with Crippen LogP contribution in [0.5, 0.6) is 0 Å². The summed E-state index contributed by atoms with van der Waals surface area (Å²) in [4.78, 5) is 16.5. The number of para-hydroxylation sites is 1. The number of rotatable bonds is 8. The molecule has 1 N–H and O–H groups in total. The van der Waals surface area contributed by atoms with Crippen molar-refractivity contribution in [1.29, 1.82) is 0 Å². The first-order valence-corrected chi connectivity index (χ1v) is 9.36. The largest absolute Gasteiger partial charge is 0.338 e. The summed E-state index contributed by atoms with van der Waals surface area (Å²) >= 11 is 1.73. The second-order valence-electron chi connectivity index (χ2n) is 5.83. The summed E-state index contributed by atoms with van der Waals surface area (Å²) in [5.74, 6) is 2.35. The Morgan fingerprint density at radius 3 is 2.67 bits per heavy atom. The molecule has 0 aliphatic rings. The number of amides is 1. The molecule has 0 saturated carbocycles. The van der Waals surface area contributed by atoms with Crippen LogP contribution in [-0.4, -0.2) is 21.8 Å². The van der Waals surface area contributed by atoms with Crippen molar-refractivity contribution in [3.63, 3.8) is 0 Å². The number of carbonyl (C=O) groups is 1. The molecular formula is C18H25N3O2S. The van der Waals surface area contributed by atoms with Gasteiger partial charge in [-0.25, -0.2) is 0 Å². The van der Waals surface area contributed by atoms with E-state index in [0.717, 1.165) is 41.2 Å². The van der Waals surface area contributed by atoms with Gasteiger partial charge in [0.2, 0.25) is 11.8 Å². The molecule has 1 amide bonds. The molecular weight excluding hydrogens is 322 g/mol. The first kappa shape index (κ1) is 18.5. The summed E-state index contributed by atoms with van der Waals surface area (Å²) in [6.45, 7) is 8.07. The Hall–Kier alpha value is -1.82. The normalized spacial score (nSPS) is 12.2. The Morgan fingerprint density at radius 2 is 2.04 bits per heavy atom. The Labute approximate surface area is 147 Å². The van der Waals surface area contributed by atoms with Crippen LogP contribution < -0.4 is 5.32 Å². The second-order valence-corrected chi connectivity index (χ2v) is 7.28. The predicted molar refractivity (Wildman–Crippen MR) is 98.3 cm³/mol. The van der Waals surface area contributed by atoms with Gasteiger partial charge in [-0.1, -0.05) is 30.3 Å². The van der Waals surface area contributed by atoms with Gasteiger partial charge in [0.25, 0.3) is 0 Å². The van der Waals surface area contributed by atoms with Crippen molar-refractivity contribution in [2.24, 2.45) is 0 Å². The maximum Gasteiger partial charge on any atom is 0.239 e. The fourth-order valence-corrected chi connectivity index (χ4v) is 3.26. The van der Waals surface area contributed by atoms with Gasteiger partial charge >= 0.3 is 0 Å². The molecule has 1 heterocycles. The van der Waals surface area contributed by atoms with Crippen molar-refractivity contribution >= 4 is 23.4 Å². The van der Waals surface area contributed by atoms with Crippen molar-refractivity contribution in [3.05, 3.63) is 41.0 Å². The number of benzene rings is 1. The lowest BCUT2D eigenvalue weighted by molar-refractivity contribution is -0.116. The van der Waals surface area contributed by atoms with E-state index < -0.39 is 0 Å². The summed E-state index contributed by atoms with van der Waals surface area (Å²) in [6, 6.07) is 6.02. The zero-order valence-electron chi connectivity index (χ0n) is 14.8. The second kappa shape index (κ2) is 8.87. The van der Waals surface area contributed by atoms with Crippen LogP contribution in [0, 0.1) is 13.8 Å². The number of aryl methyl sites for hydroxylation is 3. The lowest BCUT2D eigenvalue weighted by Crippen LogP contribution is -2.13. The Morgan fingerprint density at radius 1 is 1.33 bits per heavy atom. The number of carbonyl (C=O) groups excluding carboxylic acids is 1. The topological polar surface area (TPSA) is 68.0 Å². The molecule has 0 saturated heterocycles. The van der Waals surface area contributed by atoms with E-state index in [9.17, 15) is 4.79 Å². The average Bonchev–Trinajstić information content (AvgIpc) is 3.04. The minimum absolute atomic E-state index is 0.0618. The van der Waals surface area contributed by atoms with E-state index in [2.05, 4.69) is 15.5 Å². The summed E-state index contributed by atoms with van der Waals surface area (Å²) < 4.78 is 5.24. The standard InChI is InChI=1S/C18H25N3O2S/c1-5-15-19-18(23-21-15)14(4)24-11-7-10-16(22)20-17-12(2)8-6-9-13(17)3/h6,8-9,14H,5,7,10-11H2,1-4H3,(H,20,22). The van der Waals surface area contributed by atoms with Gasteiger partial charge in [0.15, 0.2) is 5.82 Å². The van der Waals surface area contributed by atoms with E-state index in [0.29, 0.717) is 12.3 Å². The molecule has 0 radical (unpaired) electrons. The van der Waals surface area contributed by atoms with Crippen molar-refractivity contribution in [2.75, 3.05) is 11.1 Å². The van der Waals surface area contributed by atoms with E-state index in [4.69, 9.17) is 4.52 Å². The van der Waals surface area contributed by atoms with Gasteiger partial charge < -0.3 is 9.84 Å². The van der Waals surface area contributed by atoms with Crippen LogP contribution in [0.2, 0.25) is 0 Å². The smallest absolute Gasteiger partial charge is 0.239 e. The molecule has 1 unspecified atom stereocenters. The number of nitrogens with one attached hydrogen (secondary N) is 1. The highest BCUT2D eigenvalue weighted by Crippen LogP contribution is 2.27. The molecule has 0 bridgehead atoms. The number of hydrogen-bond acceptors (Lipinski definition) is 5. The lowest BCUT2D eigenvalue weighted by Gasteiger charge is -2.11. The molecule has 5 nitrogen and oxygen atoms in total. The third-order valence-electron chi connectivity index (χ3n) is 3.81. The van der Waals surface area contributed by atoms with E-state index in [-0.39, 0.29) is 11.2 Å². The zero-order valence-corrected chi connectivity index (χ0v) is 15.6. The molecule has 2 aromatic rings. The van der Waals surface area contributed by atoms with Gasteiger partial charge in [-0.3, -0.25) is 4.79 Å². The third kappa shape index (κ3) is 5.09. The lowest BCUT2D eigenvalue weighted by atomic mass is 10.1. The Kier molecular flexibility index (Phi) is 6.85. The molecule has 1 atom stereocenters. The number of thioether (sulfide) groups is 1. The van der Waals surface area contributed by atoms with Gasteiger partial charge in [-0.05, 0) is 44.1 Å². The van der Waals surface area contributed by atoms with Gasteiger partial charge in [0.05, 0.1) is 5.25 Å². The van der Waals surface area contributed by atoms with Crippen LogP contribution in [0.1, 0.15) is 54.8 Å². The quantitative estimate of drug-likeness (QED) is 0.714. The van der Waals surface area contributed by atoms with Crippen LogP contribution in [0.4, 0.5) is 5.69 Å². The van der Waals surface area contributed by atoms with E-state index >= 15 is 0 Å². The van der Waals surface area contributed by atoms with Gasteiger partial charge in [-0.2, -0.15) is 4.98 Å². The molecule has 2 rings (SSSR count). The highest BCUT2D eigenvalue weighted by atomic mass is 32.2. The Bertz CT molecular complexity index is 664. The highest BCUT2D eigenvalue weighted by molar-refractivity contribution is 7.99. The van der Waals surface area contributed by atoms with Gasteiger partial charge in [-0.15, -0.1) is 11.8 Å². The van der Waals surface area contributed by atoms with Gasteiger partial charge in [0.1, 0.15) is 0 Å². The molecule has 0 spiro atoms. The summed E-state index contributed by atoms with van der Waals surface area (Å²) in [6.07, 6.45) is 2.11. The minimum atomic E-state index is 0.0618. The number of aromatic nitrogens is 2. The monoisotopic (exact) mass is 347 g/mol. The molecule has 0 aliphatic heterocycles. The van der Waals surface area contributed by atoms with E-state index in [1.165, 1.54) is 0 Å². The summed E-state index contributed by atoms with van der Waals surface area (Å²) in [7, 11) is 0. The van der Waals surface area contributed by atoms with E-state index in [1.807, 2.05) is 45.9 Å². The maximum atomic E-state index is 12.1. The summed E-state index contributed by atoms with van der Waals surface area (Å²) in [5, 5.41) is 7.08. The molecule has 6 heteroatoms. The molecule has 24 heavy (non-hydrogen) atoms. The molecule has 1 aromatic heterocycles. The number of nitrogens with zero attached hydrogens (tertiary/aromatic N) is 2. The molecule has 0 fully saturated rings. The van der Waals surface area contributed by atoms with Crippen LogP contribution in [0.25, 0.3) is 0 Å². The van der Waals surface area contributed by atoms with Crippen LogP contribution in [0.15, 0.2) is 22.7 Å². The molecule has 1 aromatic carbocycles. The van der Waals surface area contributed by atoms with E-state index in [1.54, 1.807) is 11.8 Å². The average molecular weight is 347 g/mol. The van der Waals surface area contributed by atoms with Crippen molar-refractivity contribution in [1.82, 2.24) is 10.1 Å². The van der Waals surface area contributed by atoms with Crippen LogP contribution in [-0.2, 0) is 11.2 Å². The first-order valence-electron chi connectivity index (χ1n) is 8.31. The number of anilines is 1. The SMILES string of the molecule is CCc1noc(C(C)SCCCC(=O)Nc2c(C)cccc2C)n1. The van der Waals surface area contributed by atoms with Crippen molar-refractivity contribution in [2.45, 2.75) is 52.2 Å². The van der Waals surface area contributed by atoms with Crippen molar-refractivity contribution in [3.8, 4) is 0 Å². The zero-order chi connectivity index (χ0) is 17.5. The van der Waals surface area contributed by atoms with Crippen molar-refractivity contribution < 1.29 is 9.32 Å². The van der Waals surface area contributed by atoms with Crippen LogP contribution in [0.3, 0.4) is 0 Å². The Balaban J connectivity index is 1.73.